The molecule has 0 spiro atoms. The van der Waals surface area contributed by atoms with E-state index in [0.29, 0.717) is 23.8 Å². The van der Waals surface area contributed by atoms with Gasteiger partial charge in [-0.3, -0.25) is 4.72 Å². The molecule has 0 radical (unpaired) electrons. The first kappa shape index (κ1) is 25.6. The van der Waals surface area contributed by atoms with Crippen molar-refractivity contribution < 1.29 is 26.3 Å². The standard InChI is InChI=1S/C24H18ClF3N4O3S2/c25-24-29-10-7-18(30-24)21-20(31-23(36-21)13-8-11-35-12-9-13)14-3-1-6-17(19(14)28)32-37(33,34)22-15(26)4-2-5-16(22)27/h1-7,10,13,32H,8-9,11-12H2. The van der Waals surface area contributed by atoms with Gasteiger partial charge in [-0.15, -0.1) is 11.3 Å². The van der Waals surface area contributed by atoms with Gasteiger partial charge in [0.25, 0.3) is 10.0 Å². The Kier molecular flexibility index (Phi) is 7.17. The molecule has 1 aliphatic rings. The number of nitrogens with zero attached hydrogens (tertiary/aromatic N) is 3. The van der Waals surface area contributed by atoms with Crippen molar-refractivity contribution in [2.75, 3.05) is 17.9 Å². The number of sulfonamides is 1. The zero-order chi connectivity index (χ0) is 26.2. The Hall–Kier alpha value is -3.06. The highest BCUT2D eigenvalue weighted by Crippen LogP contribution is 2.42. The third kappa shape index (κ3) is 5.19. The van der Waals surface area contributed by atoms with Gasteiger partial charge in [0.05, 0.1) is 27.0 Å². The van der Waals surface area contributed by atoms with Crippen molar-refractivity contribution in [1.29, 1.82) is 0 Å². The molecule has 1 aliphatic heterocycles. The smallest absolute Gasteiger partial charge is 0.267 e. The van der Waals surface area contributed by atoms with Gasteiger partial charge in [0.15, 0.2) is 10.7 Å². The molecule has 0 amide bonds. The van der Waals surface area contributed by atoms with Crippen molar-refractivity contribution in [3.8, 4) is 21.8 Å². The molecule has 4 aromatic rings. The first-order chi connectivity index (χ1) is 17.7. The minimum Gasteiger partial charge on any atom is -0.381 e. The lowest BCUT2D eigenvalue weighted by Gasteiger charge is -2.19. The van der Waals surface area contributed by atoms with E-state index >= 15 is 4.39 Å². The number of halogens is 4. The van der Waals surface area contributed by atoms with E-state index in [0.717, 1.165) is 42.1 Å². The Bertz CT molecular complexity index is 1560. The van der Waals surface area contributed by atoms with Crippen LogP contribution in [-0.4, -0.2) is 36.6 Å². The van der Waals surface area contributed by atoms with Crippen molar-refractivity contribution in [2.24, 2.45) is 0 Å². The van der Waals surface area contributed by atoms with E-state index in [4.69, 9.17) is 21.3 Å². The number of rotatable bonds is 6. The minimum absolute atomic E-state index is 0.00152. The van der Waals surface area contributed by atoms with E-state index in [2.05, 4.69) is 9.97 Å². The summed E-state index contributed by atoms with van der Waals surface area (Å²) in [7, 11) is -4.79. The molecule has 0 atom stereocenters. The normalized spacial score (nSPS) is 14.6. The van der Waals surface area contributed by atoms with Crippen LogP contribution in [0, 0.1) is 17.5 Å². The highest BCUT2D eigenvalue weighted by Gasteiger charge is 2.28. The number of hydrogen-bond donors (Lipinski definition) is 1. The third-order valence-electron chi connectivity index (χ3n) is 5.76. The minimum atomic E-state index is -4.79. The van der Waals surface area contributed by atoms with Crippen LogP contribution in [-0.2, 0) is 14.8 Å². The van der Waals surface area contributed by atoms with Crippen LogP contribution in [0.5, 0.6) is 0 Å². The highest BCUT2D eigenvalue weighted by molar-refractivity contribution is 7.92. The van der Waals surface area contributed by atoms with Crippen LogP contribution in [0.3, 0.4) is 0 Å². The van der Waals surface area contributed by atoms with Gasteiger partial charge in [-0.05, 0) is 54.8 Å². The molecule has 0 bridgehead atoms. The van der Waals surface area contributed by atoms with Gasteiger partial charge in [-0.25, -0.2) is 36.5 Å². The maximum Gasteiger partial charge on any atom is 0.267 e. The number of aromatic nitrogens is 3. The molecule has 2 aromatic carbocycles. The average Bonchev–Trinajstić information content (AvgIpc) is 3.31. The monoisotopic (exact) mass is 566 g/mol. The first-order valence-corrected chi connectivity index (χ1v) is 13.8. The maximum atomic E-state index is 15.8. The van der Waals surface area contributed by atoms with E-state index in [9.17, 15) is 17.2 Å². The summed E-state index contributed by atoms with van der Waals surface area (Å²) >= 11 is 7.33. The fourth-order valence-corrected chi connectivity index (χ4v) is 6.57. The van der Waals surface area contributed by atoms with Crippen LogP contribution in [0.15, 0.2) is 53.6 Å². The van der Waals surface area contributed by atoms with E-state index < -0.39 is 38.1 Å². The van der Waals surface area contributed by atoms with Gasteiger partial charge in [0.2, 0.25) is 5.28 Å². The summed E-state index contributed by atoms with van der Waals surface area (Å²) in [4.78, 5) is 12.2. The molecule has 192 valence electrons. The molecular formula is C24H18ClF3N4O3S2. The Morgan fingerprint density at radius 1 is 1.00 bits per heavy atom. The lowest BCUT2D eigenvalue weighted by Crippen LogP contribution is -2.17. The molecule has 1 fully saturated rings. The molecule has 0 unspecified atom stereocenters. The van der Waals surface area contributed by atoms with Crippen molar-refractivity contribution in [1.82, 2.24) is 15.0 Å². The molecule has 37 heavy (non-hydrogen) atoms. The topological polar surface area (TPSA) is 94.1 Å². The fraction of sp³-hybridized carbons (Fsp3) is 0.208. The summed E-state index contributed by atoms with van der Waals surface area (Å²) in [5, 5.41) is 0.750. The van der Waals surface area contributed by atoms with Gasteiger partial charge in [-0.2, -0.15) is 0 Å². The molecular weight excluding hydrogens is 549 g/mol. The van der Waals surface area contributed by atoms with Gasteiger partial charge < -0.3 is 4.74 Å². The molecule has 3 heterocycles. The largest absolute Gasteiger partial charge is 0.381 e. The third-order valence-corrected chi connectivity index (χ3v) is 8.60. The van der Waals surface area contributed by atoms with Crippen molar-refractivity contribution >= 4 is 38.6 Å². The molecule has 0 saturated carbocycles. The molecule has 5 rings (SSSR count). The number of hydrogen-bond acceptors (Lipinski definition) is 7. The van der Waals surface area contributed by atoms with E-state index in [-0.39, 0.29) is 22.5 Å². The summed E-state index contributed by atoms with van der Waals surface area (Å²) in [5.41, 5.74) is 0.141. The molecule has 0 aliphatic carbocycles. The van der Waals surface area contributed by atoms with Crippen LogP contribution in [0.1, 0.15) is 23.8 Å². The summed E-state index contributed by atoms with van der Waals surface area (Å²) in [6, 6.07) is 8.26. The predicted octanol–water partition coefficient (Wildman–Crippen LogP) is 6.03. The summed E-state index contributed by atoms with van der Waals surface area (Å²) in [6.45, 7) is 1.15. The van der Waals surface area contributed by atoms with E-state index in [1.807, 2.05) is 4.72 Å². The van der Waals surface area contributed by atoms with Crippen LogP contribution >= 0.6 is 22.9 Å². The summed E-state index contributed by atoms with van der Waals surface area (Å²) in [5.74, 6) is -3.47. The quantitative estimate of drug-likeness (QED) is 0.286. The maximum absolute atomic E-state index is 15.8. The molecule has 13 heteroatoms. The Morgan fingerprint density at radius 2 is 1.70 bits per heavy atom. The van der Waals surface area contributed by atoms with E-state index in [1.165, 1.54) is 29.7 Å². The number of ether oxygens (including phenoxy) is 1. The van der Waals surface area contributed by atoms with Crippen molar-refractivity contribution in [3.63, 3.8) is 0 Å². The number of nitrogens with one attached hydrogen (secondary N) is 1. The number of benzene rings is 2. The van der Waals surface area contributed by atoms with Crippen LogP contribution < -0.4 is 4.72 Å². The Morgan fingerprint density at radius 3 is 2.41 bits per heavy atom. The Balaban J connectivity index is 1.60. The lowest BCUT2D eigenvalue weighted by molar-refractivity contribution is 0.0853. The number of anilines is 1. The predicted molar refractivity (Wildman–Crippen MR) is 134 cm³/mol. The summed E-state index contributed by atoms with van der Waals surface area (Å²) in [6.07, 6.45) is 2.95. The summed E-state index contributed by atoms with van der Waals surface area (Å²) < 4.78 is 77.0. The van der Waals surface area contributed by atoms with Gasteiger partial charge in [-0.1, -0.05) is 12.1 Å². The molecule has 1 N–H and O–H groups in total. The SMILES string of the molecule is O=S(=O)(Nc1cccc(-c2nc(C3CCOCC3)sc2-c2ccnc(Cl)n2)c1F)c1c(F)cccc1F. The fourth-order valence-electron chi connectivity index (χ4n) is 4.00. The van der Waals surface area contributed by atoms with Crippen LogP contribution in [0.4, 0.5) is 18.9 Å². The zero-order valence-electron chi connectivity index (χ0n) is 18.9. The number of thiazole rings is 1. The first-order valence-electron chi connectivity index (χ1n) is 11.1. The van der Waals surface area contributed by atoms with Crippen molar-refractivity contribution in [3.05, 3.63) is 76.4 Å². The Labute approximate surface area is 219 Å². The van der Waals surface area contributed by atoms with Gasteiger partial charge in [0, 0.05) is 30.9 Å². The second-order valence-corrected chi connectivity index (χ2v) is 11.1. The second-order valence-electron chi connectivity index (χ2n) is 8.15. The van der Waals surface area contributed by atoms with Gasteiger partial charge >= 0.3 is 0 Å². The zero-order valence-corrected chi connectivity index (χ0v) is 21.3. The molecule has 2 aromatic heterocycles. The molecule has 7 nitrogen and oxygen atoms in total. The molecule has 1 saturated heterocycles. The van der Waals surface area contributed by atoms with Gasteiger partial charge in [0.1, 0.15) is 11.6 Å². The average molecular weight is 567 g/mol. The van der Waals surface area contributed by atoms with Crippen LogP contribution in [0.25, 0.3) is 21.8 Å². The second kappa shape index (κ2) is 10.4. The lowest BCUT2D eigenvalue weighted by atomic mass is 10.0. The van der Waals surface area contributed by atoms with Crippen molar-refractivity contribution in [2.45, 2.75) is 23.7 Å². The van der Waals surface area contributed by atoms with Crippen LogP contribution in [0.2, 0.25) is 5.28 Å². The highest BCUT2D eigenvalue weighted by atomic mass is 35.5. The van der Waals surface area contributed by atoms with E-state index in [1.54, 1.807) is 6.07 Å².